The Hall–Kier alpha value is -1.85. The zero-order chi connectivity index (χ0) is 12.2. The molecule has 1 aromatic carbocycles. The van der Waals surface area contributed by atoms with Crippen LogP contribution in [0.2, 0.25) is 0 Å². The number of benzene rings is 1. The van der Waals surface area contributed by atoms with Crippen molar-refractivity contribution >= 4 is 0 Å². The largest absolute Gasteiger partial charge is 0.368 e. The summed E-state index contributed by atoms with van der Waals surface area (Å²) in [6.45, 7) is 2.32. The minimum absolute atomic E-state index is 0.0794. The molecule has 5 heteroatoms. The summed E-state index contributed by atoms with van der Waals surface area (Å²) in [5.74, 6) is 1.38. The summed E-state index contributed by atoms with van der Waals surface area (Å²) in [6, 6.07) is 9.88. The van der Waals surface area contributed by atoms with E-state index in [1.807, 2.05) is 30.3 Å². The molecule has 0 aliphatic carbocycles. The van der Waals surface area contributed by atoms with E-state index >= 15 is 0 Å². The summed E-state index contributed by atoms with van der Waals surface area (Å²) in [5.41, 5.74) is 0.991. The monoisotopic (exact) mass is 242 g/mol. The summed E-state index contributed by atoms with van der Waals surface area (Å²) in [4.78, 5) is 12.9. The summed E-state index contributed by atoms with van der Waals surface area (Å²) < 4.78 is 5.64. The standard InChI is InChI=1S/C13H14N4O/c1-2-4-10(5-3-1)12-15-9-16-13(17-12)11-8-14-6-7-18-11/h1-5,9,11,14H,6-8H2. The van der Waals surface area contributed by atoms with Crippen molar-refractivity contribution in [3.05, 3.63) is 42.5 Å². The van der Waals surface area contributed by atoms with E-state index in [0.717, 1.165) is 18.7 Å². The first-order valence-corrected chi connectivity index (χ1v) is 6.00. The zero-order valence-corrected chi connectivity index (χ0v) is 9.91. The zero-order valence-electron chi connectivity index (χ0n) is 9.91. The number of ether oxygens (including phenoxy) is 1. The Morgan fingerprint density at radius 2 is 2.06 bits per heavy atom. The van der Waals surface area contributed by atoms with Gasteiger partial charge < -0.3 is 10.1 Å². The molecule has 1 atom stereocenters. The summed E-state index contributed by atoms with van der Waals surface area (Å²) in [6.07, 6.45) is 1.46. The van der Waals surface area contributed by atoms with Crippen LogP contribution in [-0.4, -0.2) is 34.6 Å². The van der Waals surface area contributed by atoms with Gasteiger partial charge in [0.15, 0.2) is 11.6 Å². The third-order valence-electron chi connectivity index (χ3n) is 2.84. The lowest BCUT2D eigenvalue weighted by Crippen LogP contribution is -2.34. The van der Waals surface area contributed by atoms with E-state index in [2.05, 4.69) is 20.3 Å². The van der Waals surface area contributed by atoms with Crippen LogP contribution >= 0.6 is 0 Å². The predicted octanol–water partition coefficient (Wildman–Crippen LogP) is 1.20. The second kappa shape index (κ2) is 5.20. The minimum atomic E-state index is -0.0794. The molecule has 1 aliphatic rings. The smallest absolute Gasteiger partial charge is 0.163 e. The molecule has 3 rings (SSSR count). The molecule has 0 spiro atoms. The van der Waals surface area contributed by atoms with Crippen LogP contribution in [0.4, 0.5) is 0 Å². The van der Waals surface area contributed by atoms with Crippen molar-refractivity contribution in [1.29, 1.82) is 0 Å². The average Bonchev–Trinajstić information content (AvgIpc) is 2.49. The lowest BCUT2D eigenvalue weighted by Gasteiger charge is -2.22. The average molecular weight is 242 g/mol. The van der Waals surface area contributed by atoms with Crippen LogP contribution in [0.3, 0.4) is 0 Å². The number of nitrogens with zero attached hydrogens (tertiary/aromatic N) is 3. The minimum Gasteiger partial charge on any atom is -0.368 e. The fourth-order valence-electron chi connectivity index (χ4n) is 1.92. The highest BCUT2D eigenvalue weighted by atomic mass is 16.5. The van der Waals surface area contributed by atoms with E-state index < -0.39 is 0 Å². The molecule has 0 radical (unpaired) electrons. The SMILES string of the molecule is c1ccc(-c2ncnc(C3CNCCO3)n2)cc1. The van der Waals surface area contributed by atoms with E-state index in [1.165, 1.54) is 0 Å². The second-order valence-electron chi connectivity index (χ2n) is 4.10. The Morgan fingerprint density at radius 1 is 1.17 bits per heavy atom. The number of hydrogen-bond donors (Lipinski definition) is 1. The number of aromatic nitrogens is 3. The van der Waals surface area contributed by atoms with Crippen molar-refractivity contribution < 1.29 is 4.74 Å². The number of nitrogens with one attached hydrogen (secondary N) is 1. The second-order valence-corrected chi connectivity index (χ2v) is 4.10. The van der Waals surface area contributed by atoms with E-state index in [4.69, 9.17) is 4.74 Å². The summed E-state index contributed by atoms with van der Waals surface area (Å²) >= 11 is 0. The summed E-state index contributed by atoms with van der Waals surface area (Å²) in [5, 5.41) is 3.27. The van der Waals surface area contributed by atoms with Gasteiger partial charge in [-0.15, -0.1) is 0 Å². The Labute approximate surface area is 105 Å². The van der Waals surface area contributed by atoms with E-state index in [9.17, 15) is 0 Å². The van der Waals surface area contributed by atoms with Crippen LogP contribution in [0.25, 0.3) is 11.4 Å². The van der Waals surface area contributed by atoms with Crippen LogP contribution in [0.1, 0.15) is 11.9 Å². The number of morpholine rings is 1. The molecule has 1 aromatic heterocycles. The first kappa shape index (κ1) is 11.3. The maximum absolute atomic E-state index is 5.64. The summed E-state index contributed by atoms with van der Waals surface area (Å²) in [7, 11) is 0. The molecule has 0 bridgehead atoms. The van der Waals surface area contributed by atoms with Gasteiger partial charge in [0.05, 0.1) is 6.61 Å². The maximum atomic E-state index is 5.64. The predicted molar refractivity (Wildman–Crippen MR) is 66.8 cm³/mol. The van der Waals surface area contributed by atoms with Gasteiger partial charge in [-0.3, -0.25) is 0 Å². The lowest BCUT2D eigenvalue weighted by molar-refractivity contribution is 0.0220. The molecule has 1 unspecified atom stereocenters. The quantitative estimate of drug-likeness (QED) is 0.857. The van der Waals surface area contributed by atoms with Gasteiger partial charge in [-0.2, -0.15) is 0 Å². The Bertz CT molecular complexity index is 511. The fraction of sp³-hybridized carbons (Fsp3) is 0.308. The van der Waals surface area contributed by atoms with Gasteiger partial charge in [0.1, 0.15) is 12.4 Å². The molecular formula is C13H14N4O. The van der Waals surface area contributed by atoms with E-state index in [-0.39, 0.29) is 6.10 Å². The third kappa shape index (κ3) is 2.37. The van der Waals surface area contributed by atoms with Gasteiger partial charge >= 0.3 is 0 Å². The third-order valence-corrected chi connectivity index (χ3v) is 2.84. The van der Waals surface area contributed by atoms with Gasteiger partial charge in [-0.25, -0.2) is 15.0 Å². The molecule has 92 valence electrons. The molecule has 0 amide bonds. The van der Waals surface area contributed by atoms with Crippen LogP contribution < -0.4 is 5.32 Å². The highest BCUT2D eigenvalue weighted by molar-refractivity contribution is 5.53. The Morgan fingerprint density at radius 3 is 2.83 bits per heavy atom. The van der Waals surface area contributed by atoms with Crippen molar-refractivity contribution in [3.8, 4) is 11.4 Å². The van der Waals surface area contributed by atoms with Gasteiger partial charge in [-0.1, -0.05) is 30.3 Å². The first-order chi connectivity index (χ1) is 8.93. The molecular weight excluding hydrogens is 228 g/mol. The van der Waals surface area contributed by atoms with E-state index in [1.54, 1.807) is 6.33 Å². The highest BCUT2D eigenvalue weighted by Crippen LogP contribution is 2.18. The van der Waals surface area contributed by atoms with Gasteiger partial charge in [0, 0.05) is 18.7 Å². The van der Waals surface area contributed by atoms with Crippen molar-refractivity contribution in [2.75, 3.05) is 19.7 Å². The maximum Gasteiger partial charge on any atom is 0.163 e. The van der Waals surface area contributed by atoms with Crippen molar-refractivity contribution in [1.82, 2.24) is 20.3 Å². The fourth-order valence-corrected chi connectivity index (χ4v) is 1.92. The highest BCUT2D eigenvalue weighted by Gasteiger charge is 2.19. The Kier molecular flexibility index (Phi) is 3.25. The van der Waals surface area contributed by atoms with Crippen LogP contribution in [0, 0.1) is 0 Å². The molecule has 1 fully saturated rings. The number of hydrogen-bond acceptors (Lipinski definition) is 5. The molecule has 1 aliphatic heterocycles. The van der Waals surface area contributed by atoms with Gasteiger partial charge in [-0.05, 0) is 0 Å². The lowest BCUT2D eigenvalue weighted by atomic mass is 10.2. The van der Waals surface area contributed by atoms with Crippen LogP contribution in [0.15, 0.2) is 36.7 Å². The molecule has 18 heavy (non-hydrogen) atoms. The molecule has 2 heterocycles. The topological polar surface area (TPSA) is 59.9 Å². The van der Waals surface area contributed by atoms with Crippen molar-refractivity contribution in [3.63, 3.8) is 0 Å². The molecule has 2 aromatic rings. The van der Waals surface area contributed by atoms with Gasteiger partial charge in [0.2, 0.25) is 0 Å². The van der Waals surface area contributed by atoms with E-state index in [0.29, 0.717) is 18.3 Å². The van der Waals surface area contributed by atoms with Crippen LogP contribution in [0.5, 0.6) is 0 Å². The van der Waals surface area contributed by atoms with Crippen molar-refractivity contribution in [2.24, 2.45) is 0 Å². The molecule has 1 N–H and O–H groups in total. The number of rotatable bonds is 2. The first-order valence-electron chi connectivity index (χ1n) is 6.00. The van der Waals surface area contributed by atoms with Gasteiger partial charge in [0.25, 0.3) is 0 Å². The van der Waals surface area contributed by atoms with Crippen molar-refractivity contribution in [2.45, 2.75) is 6.10 Å². The van der Waals surface area contributed by atoms with Crippen LogP contribution in [-0.2, 0) is 4.74 Å². The molecule has 1 saturated heterocycles. The Balaban J connectivity index is 1.89. The molecule has 5 nitrogen and oxygen atoms in total. The molecule has 0 saturated carbocycles. The normalized spacial score (nSPS) is 19.7.